The molecule has 23 heavy (non-hydrogen) atoms. The number of aliphatic carboxylic acids is 1. The molecule has 1 aliphatic heterocycles. The van der Waals surface area contributed by atoms with Gasteiger partial charge in [0.25, 0.3) is 0 Å². The smallest absolute Gasteiger partial charge is 0.305 e. The molecule has 0 spiro atoms. The van der Waals surface area contributed by atoms with Crippen molar-refractivity contribution in [2.24, 2.45) is 0 Å². The van der Waals surface area contributed by atoms with Crippen molar-refractivity contribution in [1.82, 2.24) is 4.90 Å². The molecule has 0 bridgehead atoms. The Kier molecular flexibility index (Phi) is 6.24. The summed E-state index contributed by atoms with van der Waals surface area (Å²) >= 11 is 6.13. The van der Waals surface area contributed by atoms with Crippen molar-refractivity contribution in [1.29, 1.82) is 0 Å². The lowest BCUT2D eigenvalue weighted by Gasteiger charge is -2.35. The SMILES string of the molecule is CCOc1c(Cl)cccc1CC(=O)N1CCOCC1CC(=O)O. The first-order valence-electron chi connectivity index (χ1n) is 7.52. The second-order valence-electron chi connectivity index (χ2n) is 5.25. The van der Waals surface area contributed by atoms with Crippen molar-refractivity contribution >= 4 is 23.5 Å². The van der Waals surface area contributed by atoms with E-state index in [0.29, 0.717) is 36.1 Å². The fourth-order valence-electron chi connectivity index (χ4n) is 2.62. The number of nitrogens with zero attached hydrogens (tertiary/aromatic N) is 1. The number of rotatable bonds is 6. The zero-order valence-corrected chi connectivity index (χ0v) is 13.7. The van der Waals surface area contributed by atoms with Crippen LogP contribution in [0.1, 0.15) is 18.9 Å². The van der Waals surface area contributed by atoms with Crippen LogP contribution in [-0.4, -0.2) is 54.3 Å². The molecule has 0 aromatic heterocycles. The largest absolute Gasteiger partial charge is 0.492 e. The molecule has 0 radical (unpaired) electrons. The standard InChI is InChI=1S/C16H20ClNO5/c1-2-23-16-11(4-3-5-13(16)17)8-14(19)18-6-7-22-10-12(18)9-15(20)21/h3-5,12H,2,6-10H2,1H3,(H,20,21). The van der Waals surface area contributed by atoms with Gasteiger partial charge in [-0.25, -0.2) is 0 Å². The zero-order valence-electron chi connectivity index (χ0n) is 13.0. The molecule has 1 aliphatic rings. The van der Waals surface area contributed by atoms with Crippen molar-refractivity contribution in [2.45, 2.75) is 25.8 Å². The van der Waals surface area contributed by atoms with Gasteiger partial charge in [0.15, 0.2) is 0 Å². The van der Waals surface area contributed by atoms with E-state index in [2.05, 4.69) is 0 Å². The maximum absolute atomic E-state index is 12.6. The Morgan fingerprint density at radius 2 is 2.26 bits per heavy atom. The molecule has 1 N–H and O–H groups in total. The van der Waals surface area contributed by atoms with E-state index in [9.17, 15) is 9.59 Å². The number of amides is 1. The summed E-state index contributed by atoms with van der Waals surface area (Å²) in [4.78, 5) is 25.1. The van der Waals surface area contributed by atoms with Crippen LogP contribution >= 0.6 is 11.6 Å². The van der Waals surface area contributed by atoms with E-state index in [0.717, 1.165) is 0 Å². The van der Waals surface area contributed by atoms with Crippen LogP contribution in [-0.2, 0) is 20.7 Å². The molecule has 1 amide bonds. The molecule has 1 aromatic carbocycles. The number of carbonyl (C=O) groups is 2. The van der Waals surface area contributed by atoms with E-state index in [4.69, 9.17) is 26.2 Å². The van der Waals surface area contributed by atoms with E-state index in [1.54, 1.807) is 23.1 Å². The Morgan fingerprint density at radius 1 is 1.48 bits per heavy atom. The number of benzene rings is 1. The molecule has 2 rings (SSSR count). The molecule has 1 fully saturated rings. The van der Waals surface area contributed by atoms with Crippen LogP contribution in [0.2, 0.25) is 5.02 Å². The first-order valence-corrected chi connectivity index (χ1v) is 7.90. The van der Waals surface area contributed by atoms with Crippen LogP contribution in [0.5, 0.6) is 5.75 Å². The van der Waals surface area contributed by atoms with E-state index >= 15 is 0 Å². The van der Waals surface area contributed by atoms with Crippen LogP contribution in [0.15, 0.2) is 18.2 Å². The summed E-state index contributed by atoms with van der Waals surface area (Å²) in [5.74, 6) is -0.591. The fraction of sp³-hybridized carbons (Fsp3) is 0.500. The molecule has 7 heteroatoms. The van der Waals surface area contributed by atoms with Crippen molar-refractivity contribution in [3.63, 3.8) is 0 Å². The lowest BCUT2D eigenvalue weighted by atomic mass is 10.1. The van der Waals surface area contributed by atoms with E-state index in [1.807, 2.05) is 6.92 Å². The highest BCUT2D eigenvalue weighted by Gasteiger charge is 2.29. The predicted molar refractivity (Wildman–Crippen MR) is 84.9 cm³/mol. The number of carboxylic acids is 1. The molecule has 6 nitrogen and oxygen atoms in total. The summed E-state index contributed by atoms with van der Waals surface area (Å²) in [5, 5.41) is 9.43. The lowest BCUT2D eigenvalue weighted by Crippen LogP contribution is -2.50. The van der Waals surface area contributed by atoms with Gasteiger partial charge in [0.1, 0.15) is 5.75 Å². The molecule has 1 heterocycles. The van der Waals surface area contributed by atoms with Gasteiger partial charge < -0.3 is 19.5 Å². The lowest BCUT2D eigenvalue weighted by molar-refractivity contribution is -0.145. The maximum Gasteiger partial charge on any atom is 0.305 e. The van der Waals surface area contributed by atoms with Crippen molar-refractivity contribution in [3.05, 3.63) is 28.8 Å². The highest BCUT2D eigenvalue weighted by Crippen LogP contribution is 2.29. The highest BCUT2D eigenvalue weighted by atomic mass is 35.5. The monoisotopic (exact) mass is 341 g/mol. The average Bonchev–Trinajstić information content (AvgIpc) is 2.50. The molecular formula is C16H20ClNO5. The van der Waals surface area contributed by atoms with Gasteiger partial charge in [-0.15, -0.1) is 0 Å². The summed E-state index contributed by atoms with van der Waals surface area (Å²) < 4.78 is 10.8. The number of hydrogen-bond acceptors (Lipinski definition) is 4. The van der Waals surface area contributed by atoms with E-state index < -0.39 is 12.0 Å². The van der Waals surface area contributed by atoms with Crippen LogP contribution < -0.4 is 4.74 Å². The molecule has 0 aliphatic carbocycles. The molecule has 1 saturated heterocycles. The van der Waals surface area contributed by atoms with Crippen LogP contribution in [0.25, 0.3) is 0 Å². The highest BCUT2D eigenvalue weighted by molar-refractivity contribution is 6.32. The Hall–Kier alpha value is -1.79. The number of ether oxygens (including phenoxy) is 2. The van der Waals surface area contributed by atoms with E-state index in [-0.39, 0.29) is 25.4 Å². The molecule has 1 atom stereocenters. The normalized spacial score (nSPS) is 17.8. The number of halogens is 1. The van der Waals surface area contributed by atoms with Gasteiger partial charge in [0, 0.05) is 12.1 Å². The Balaban J connectivity index is 2.14. The Bertz CT molecular complexity index is 578. The molecule has 1 unspecified atom stereocenters. The third-order valence-electron chi connectivity index (χ3n) is 3.64. The van der Waals surface area contributed by atoms with Crippen LogP contribution in [0.3, 0.4) is 0 Å². The molecule has 0 saturated carbocycles. The van der Waals surface area contributed by atoms with Gasteiger partial charge in [0.05, 0.1) is 43.7 Å². The maximum atomic E-state index is 12.6. The van der Waals surface area contributed by atoms with E-state index in [1.165, 1.54) is 0 Å². The number of carbonyl (C=O) groups excluding carboxylic acids is 1. The number of para-hydroxylation sites is 1. The summed E-state index contributed by atoms with van der Waals surface area (Å²) in [7, 11) is 0. The minimum absolute atomic E-state index is 0.117. The van der Waals surface area contributed by atoms with Gasteiger partial charge in [0.2, 0.25) is 5.91 Å². The quantitative estimate of drug-likeness (QED) is 0.856. The third kappa shape index (κ3) is 4.59. The predicted octanol–water partition coefficient (Wildman–Crippen LogP) is 1.98. The summed E-state index contributed by atoms with van der Waals surface area (Å²) in [6, 6.07) is 4.83. The second kappa shape index (κ2) is 8.17. The average molecular weight is 342 g/mol. The number of hydrogen-bond donors (Lipinski definition) is 1. The van der Waals surface area contributed by atoms with Crippen molar-refractivity contribution in [3.8, 4) is 5.75 Å². The second-order valence-corrected chi connectivity index (χ2v) is 5.66. The van der Waals surface area contributed by atoms with Crippen LogP contribution in [0, 0.1) is 0 Å². The number of morpholine rings is 1. The van der Waals surface area contributed by atoms with Gasteiger partial charge in [-0.1, -0.05) is 23.7 Å². The first kappa shape index (κ1) is 17.6. The van der Waals surface area contributed by atoms with Crippen molar-refractivity contribution < 1.29 is 24.2 Å². The minimum Gasteiger partial charge on any atom is -0.492 e. The summed E-state index contributed by atoms with van der Waals surface area (Å²) in [5.41, 5.74) is 0.699. The molecule has 126 valence electrons. The Labute approximate surface area is 139 Å². The van der Waals surface area contributed by atoms with Crippen LogP contribution in [0.4, 0.5) is 0 Å². The van der Waals surface area contributed by atoms with Gasteiger partial charge in [-0.05, 0) is 13.0 Å². The summed E-state index contributed by atoms with van der Waals surface area (Å²) in [6.45, 7) is 3.34. The van der Waals surface area contributed by atoms with Gasteiger partial charge in [-0.3, -0.25) is 9.59 Å². The first-order chi connectivity index (χ1) is 11.0. The number of carboxylic acid groups (broad SMARTS) is 1. The fourth-order valence-corrected chi connectivity index (χ4v) is 2.87. The molecule has 1 aromatic rings. The molecular weight excluding hydrogens is 322 g/mol. The van der Waals surface area contributed by atoms with Crippen molar-refractivity contribution in [2.75, 3.05) is 26.4 Å². The summed E-state index contributed by atoms with van der Waals surface area (Å²) in [6.07, 6.45) is -0.00832. The topological polar surface area (TPSA) is 76.1 Å². The van der Waals surface area contributed by atoms with Gasteiger partial charge in [-0.2, -0.15) is 0 Å². The van der Waals surface area contributed by atoms with Gasteiger partial charge >= 0.3 is 5.97 Å². The zero-order chi connectivity index (χ0) is 16.8. The Morgan fingerprint density at radius 3 is 2.96 bits per heavy atom. The third-order valence-corrected chi connectivity index (χ3v) is 3.93. The minimum atomic E-state index is -0.948.